The van der Waals surface area contributed by atoms with E-state index in [2.05, 4.69) is 0 Å². The van der Waals surface area contributed by atoms with E-state index in [1.54, 1.807) is 24.3 Å². The number of fused-ring (bicyclic) bond motifs is 1. The minimum absolute atomic E-state index is 0.0409. The highest BCUT2D eigenvalue weighted by Gasteiger charge is 2.33. The number of hydrogen-bond acceptors (Lipinski definition) is 3. The van der Waals surface area contributed by atoms with Gasteiger partial charge in [0.15, 0.2) is 0 Å². The minimum Gasteiger partial charge on any atom is -0.338 e. The third kappa shape index (κ3) is 3.41. The molecule has 1 saturated carbocycles. The molecule has 1 amide bonds. The van der Waals surface area contributed by atoms with Gasteiger partial charge in [-0.3, -0.25) is 4.79 Å². The number of amides is 1. The van der Waals surface area contributed by atoms with Crippen LogP contribution in [0, 0.1) is 11.8 Å². The summed E-state index contributed by atoms with van der Waals surface area (Å²) in [6, 6.07) is 6.54. The first-order valence-corrected chi connectivity index (χ1v) is 11.4. The van der Waals surface area contributed by atoms with Crippen molar-refractivity contribution < 1.29 is 13.2 Å². The van der Waals surface area contributed by atoms with E-state index >= 15 is 0 Å². The van der Waals surface area contributed by atoms with Crippen LogP contribution in [0.2, 0.25) is 0 Å². The zero-order chi connectivity index (χ0) is 18.1. The maximum Gasteiger partial charge on any atom is 0.253 e. The zero-order valence-electron chi connectivity index (χ0n) is 15.3. The maximum absolute atomic E-state index is 12.9. The van der Waals surface area contributed by atoms with Crippen LogP contribution in [0.1, 0.15) is 55.3 Å². The van der Waals surface area contributed by atoms with Gasteiger partial charge in [0.1, 0.15) is 0 Å². The summed E-state index contributed by atoms with van der Waals surface area (Å²) < 4.78 is 26.7. The second kappa shape index (κ2) is 7.31. The fourth-order valence-electron chi connectivity index (χ4n) is 4.81. The molecular weight excluding hydrogens is 348 g/mol. The summed E-state index contributed by atoms with van der Waals surface area (Å²) in [5.74, 6) is 1.48. The van der Waals surface area contributed by atoms with E-state index in [1.165, 1.54) is 30.0 Å². The van der Waals surface area contributed by atoms with E-state index in [0.29, 0.717) is 29.5 Å². The van der Waals surface area contributed by atoms with Crippen molar-refractivity contribution in [1.82, 2.24) is 9.21 Å². The molecule has 0 bridgehead atoms. The Morgan fingerprint density at radius 2 is 1.50 bits per heavy atom. The second-order valence-electron chi connectivity index (χ2n) is 7.98. The van der Waals surface area contributed by atoms with Crippen LogP contribution in [-0.4, -0.2) is 49.7 Å². The molecule has 0 N–H and O–H groups in total. The quantitative estimate of drug-likeness (QED) is 0.814. The van der Waals surface area contributed by atoms with Crippen LogP contribution in [0.5, 0.6) is 0 Å². The lowest BCUT2D eigenvalue weighted by Gasteiger charge is -2.41. The van der Waals surface area contributed by atoms with Crippen LogP contribution in [0.4, 0.5) is 0 Å². The van der Waals surface area contributed by atoms with Crippen molar-refractivity contribution in [3.05, 3.63) is 29.8 Å². The third-order valence-electron chi connectivity index (χ3n) is 6.38. The van der Waals surface area contributed by atoms with Crippen LogP contribution in [0.15, 0.2) is 29.2 Å². The highest BCUT2D eigenvalue weighted by atomic mass is 32.2. The number of piperidine rings is 1. The molecule has 0 radical (unpaired) electrons. The van der Waals surface area contributed by atoms with Gasteiger partial charge in [-0.05, 0) is 61.8 Å². The Balaban J connectivity index is 1.45. The molecule has 2 aliphatic heterocycles. The molecule has 3 aliphatic rings. The van der Waals surface area contributed by atoms with Crippen molar-refractivity contribution in [3.8, 4) is 0 Å². The molecule has 6 heteroatoms. The van der Waals surface area contributed by atoms with Crippen LogP contribution in [0.25, 0.3) is 0 Å². The first-order chi connectivity index (χ1) is 12.6. The number of benzene rings is 1. The number of hydrogen-bond donors (Lipinski definition) is 0. The molecule has 0 spiro atoms. The van der Waals surface area contributed by atoms with E-state index in [0.717, 1.165) is 38.3 Å². The second-order valence-corrected chi connectivity index (χ2v) is 9.92. The Labute approximate surface area is 156 Å². The van der Waals surface area contributed by atoms with Crippen molar-refractivity contribution in [3.63, 3.8) is 0 Å². The molecule has 1 aromatic rings. The monoisotopic (exact) mass is 376 g/mol. The van der Waals surface area contributed by atoms with Crippen molar-refractivity contribution >= 4 is 15.9 Å². The average molecular weight is 377 g/mol. The van der Waals surface area contributed by atoms with Gasteiger partial charge in [0.2, 0.25) is 10.0 Å². The number of rotatable bonds is 3. The van der Waals surface area contributed by atoms with Gasteiger partial charge in [-0.25, -0.2) is 8.42 Å². The molecule has 0 unspecified atom stereocenters. The van der Waals surface area contributed by atoms with Crippen LogP contribution in [0.3, 0.4) is 0 Å². The molecule has 5 nitrogen and oxygen atoms in total. The molecule has 142 valence electrons. The Bertz CT molecular complexity index is 754. The Morgan fingerprint density at radius 1 is 0.846 bits per heavy atom. The molecule has 2 atom stereocenters. The fraction of sp³-hybridized carbons (Fsp3) is 0.650. The van der Waals surface area contributed by atoms with Gasteiger partial charge in [-0.15, -0.1) is 0 Å². The zero-order valence-corrected chi connectivity index (χ0v) is 16.1. The van der Waals surface area contributed by atoms with E-state index in [9.17, 15) is 13.2 Å². The van der Waals surface area contributed by atoms with Gasteiger partial charge in [0.05, 0.1) is 4.90 Å². The summed E-state index contributed by atoms with van der Waals surface area (Å²) in [4.78, 5) is 15.1. The van der Waals surface area contributed by atoms with Gasteiger partial charge in [-0.2, -0.15) is 4.31 Å². The predicted molar refractivity (Wildman–Crippen MR) is 100 cm³/mol. The lowest BCUT2D eigenvalue weighted by Crippen LogP contribution is -2.44. The van der Waals surface area contributed by atoms with Gasteiger partial charge in [-0.1, -0.05) is 19.3 Å². The topological polar surface area (TPSA) is 57.7 Å². The summed E-state index contributed by atoms with van der Waals surface area (Å²) >= 11 is 0. The van der Waals surface area contributed by atoms with E-state index in [-0.39, 0.29) is 5.91 Å². The van der Waals surface area contributed by atoms with Crippen LogP contribution >= 0.6 is 0 Å². The number of nitrogens with zero attached hydrogens (tertiary/aromatic N) is 2. The minimum atomic E-state index is -3.41. The highest BCUT2D eigenvalue weighted by Crippen LogP contribution is 2.36. The Morgan fingerprint density at radius 3 is 2.19 bits per heavy atom. The average Bonchev–Trinajstić information content (AvgIpc) is 3.23. The van der Waals surface area contributed by atoms with E-state index < -0.39 is 10.0 Å². The number of carbonyl (C=O) groups excluding carboxylic acids is 1. The molecule has 3 fully saturated rings. The van der Waals surface area contributed by atoms with Crippen molar-refractivity contribution in [1.29, 1.82) is 0 Å². The molecule has 4 rings (SSSR count). The van der Waals surface area contributed by atoms with Gasteiger partial charge < -0.3 is 4.90 Å². The molecule has 26 heavy (non-hydrogen) atoms. The highest BCUT2D eigenvalue weighted by molar-refractivity contribution is 7.89. The van der Waals surface area contributed by atoms with E-state index in [4.69, 9.17) is 0 Å². The van der Waals surface area contributed by atoms with Gasteiger partial charge in [0, 0.05) is 31.7 Å². The molecular formula is C20H28N2O3S. The molecule has 2 heterocycles. The smallest absolute Gasteiger partial charge is 0.253 e. The summed E-state index contributed by atoms with van der Waals surface area (Å²) in [6.45, 7) is 2.88. The first-order valence-electron chi connectivity index (χ1n) is 9.95. The standard InChI is InChI=1S/C20H28N2O3S/c23-20(21-14-11-16-5-1-2-6-18(16)15-21)17-7-9-19(10-8-17)26(24,25)22-12-3-4-13-22/h7-10,16,18H,1-6,11-15H2/t16-,18-/m1/s1. The summed E-state index contributed by atoms with van der Waals surface area (Å²) in [7, 11) is -3.41. The SMILES string of the molecule is O=C(c1ccc(S(=O)(=O)N2CCCC2)cc1)N1CC[C@H]2CCCC[C@@H]2C1. The number of carbonyl (C=O) groups is 1. The fourth-order valence-corrected chi connectivity index (χ4v) is 6.33. The number of sulfonamides is 1. The third-order valence-corrected chi connectivity index (χ3v) is 8.30. The summed E-state index contributed by atoms with van der Waals surface area (Å²) in [6.07, 6.45) is 8.13. The molecule has 0 aromatic heterocycles. The number of likely N-dealkylation sites (tertiary alicyclic amines) is 1. The predicted octanol–water partition coefficient (Wildman–Crippen LogP) is 3.12. The van der Waals surface area contributed by atoms with Gasteiger partial charge >= 0.3 is 0 Å². The van der Waals surface area contributed by atoms with Gasteiger partial charge in [0.25, 0.3) is 5.91 Å². The first kappa shape index (κ1) is 18.0. The largest absolute Gasteiger partial charge is 0.338 e. The van der Waals surface area contributed by atoms with Crippen LogP contribution < -0.4 is 0 Å². The van der Waals surface area contributed by atoms with E-state index in [1.807, 2.05) is 4.90 Å². The lowest BCUT2D eigenvalue weighted by molar-refractivity contribution is 0.0521. The molecule has 1 aromatic carbocycles. The summed E-state index contributed by atoms with van der Waals surface area (Å²) in [5.41, 5.74) is 0.597. The molecule has 2 saturated heterocycles. The molecule has 1 aliphatic carbocycles. The summed E-state index contributed by atoms with van der Waals surface area (Å²) in [5, 5.41) is 0. The van der Waals surface area contributed by atoms with Crippen molar-refractivity contribution in [2.75, 3.05) is 26.2 Å². The Kier molecular flexibility index (Phi) is 5.06. The lowest BCUT2D eigenvalue weighted by atomic mass is 9.75. The Hall–Kier alpha value is -1.40. The van der Waals surface area contributed by atoms with Crippen molar-refractivity contribution in [2.45, 2.75) is 49.8 Å². The maximum atomic E-state index is 12.9. The van der Waals surface area contributed by atoms with Crippen molar-refractivity contribution in [2.24, 2.45) is 11.8 Å². The normalized spacial score (nSPS) is 27.3. The van der Waals surface area contributed by atoms with Crippen LogP contribution in [-0.2, 0) is 10.0 Å².